The van der Waals surface area contributed by atoms with Gasteiger partial charge in [-0.15, -0.1) is 0 Å². The van der Waals surface area contributed by atoms with Gasteiger partial charge in [0.15, 0.2) is 0 Å². The number of nitrogens with one attached hydrogen (secondary N) is 2. The fraction of sp³-hybridized carbons (Fsp3) is 0.192. The van der Waals surface area contributed by atoms with Crippen molar-refractivity contribution in [3.8, 4) is 11.1 Å². The number of aliphatic carboxylic acids is 1. The van der Waals surface area contributed by atoms with E-state index < -0.39 is 24.0 Å². The zero-order valence-corrected chi connectivity index (χ0v) is 20.0. The van der Waals surface area contributed by atoms with Crippen LogP contribution in [0.15, 0.2) is 71.2 Å². The molecule has 0 radical (unpaired) electrons. The Balaban J connectivity index is 1.42. The predicted molar refractivity (Wildman–Crippen MR) is 132 cm³/mol. The van der Waals surface area contributed by atoms with Crippen molar-refractivity contribution in [1.29, 1.82) is 0 Å². The van der Waals surface area contributed by atoms with Gasteiger partial charge in [-0.05, 0) is 47.4 Å². The average molecular weight is 523 g/mol. The van der Waals surface area contributed by atoms with Gasteiger partial charge in [-0.3, -0.25) is 14.9 Å². The van der Waals surface area contributed by atoms with Crippen molar-refractivity contribution in [3.63, 3.8) is 0 Å². The molecule has 1 atom stereocenters. The predicted octanol–water partition coefficient (Wildman–Crippen LogP) is 5.40. The SMILES string of the molecule is CC(CC(=O)O)NC(=O)c1cc(Br)cc(NC(=O)OCC2c3ccccc3-c3ccccc32)c1. The summed E-state index contributed by atoms with van der Waals surface area (Å²) in [4.78, 5) is 35.9. The van der Waals surface area contributed by atoms with Crippen LogP contribution in [0.3, 0.4) is 0 Å². The molecule has 0 saturated carbocycles. The third kappa shape index (κ3) is 5.28. The first-order valence-electron chi connectivity index (χ1n) is 10.8. The van der Waals surface area contributed by atoms with Crippen LogP contribution in [-0.2, 0) is 9.53 Å². The minimum atomic E-state index is -1.00. The number of rotatable bonds is 7. The van der Waals surface area contributed by atoms with Gasteiger partial charge in [-0.25, -0.2) is 4.79 Å². The van der Waals surface area contributed by atoms with Crippen molar-refractivity contribution in [2.45, 2.75) is 25.3 Å². The van der Waals surface area contributed by atoms with E-state index in [9.17, 15) is 14.4 Å². The van der Waals surface area contributed by atoms with Crippen LogP contribution in [-0.4, -0.2) is 35.7 Å². The number of carboxylic acid groups (broad SMARTS) is 1. The lowest BCUT2D eigenvalue weighted by molar-refractivity contribution is -0.137. The maximum atomic E-state index is 12.6. The lowest BCUT2D eigenvalue weighted by Gasteiger charge is -2.15. The van der Waals surface area contributed by atoms with Crippen LogP contribution >= 0.6 is 15.9 Å². The van der Waals surface area contributed by atoms with E-state index in [2.05, 4.69) is 38.7 Å². The van der Waals surface area contributed by atoms with Crippen molar-refractivity contribution in [3.05, 3.63) is 87.9 Å². The Hall–Kier alpha value is -3.65. The maximum absolute atomic E-state index is 12.6. The van der Waals surface area contributed by atoms with Gasteiger partial charge >= 0.3 is 12.1 Å². The van der Waals surface area contributed by atoms with E-state index in [1.54, 1.807) is 19.1 Å². The fourth-order valence-corrected chi connectivity index (χ4v) is 4.66. The molecule has 1 aliphatic carbocycles. The monoisotopic (exact) mass is 522 g/mol. The number of ether oxygens (including phenoxy) is 1. The number of fused-ring (bicyclic) bond motifs is 3. The lowest BCUT2D eigenvalue weighted by Crippen LogP contribution is -2.34. The van der Waals surface area contributed by atoms with E-state index in [1.807, 2.05) is 36.4 Å². The number of hydrogen-bond acceptors (Lipinski definition) is 4. The molecule has 8 heteroatoms. The van der Waals surface area contributed by atoms with E-state index in [-0.39, 0.29) is 24.5 Å². The van der Waals surface area contributed by atoms with E-state index in [0.717, 1.165) is 22.3 Å². The van der Waals surface area contributed by atoms with Gasteiger partial charge < -0.3 is 15.2 Å². The smallest absolute Gasteiger partial charge is 0.411 e. The van der Waals surface area contributed by atoms with Gasteiger partial charge in [0.25, 0.3) is 5.91 Å². The highest BCUT2D eigenvalue weighted by atomic mass is 79.9. The minimum Gasteiger partial charge on any atom is -0.481 e. The summed E-state index contributed by atoms with van der Waals surface area (Å²) in [6.07, 6.45) is -0.824. The second-order valence-corrected chi connectivity index (χ2v) is 9.07. The minimum absolute atomic E-state index is 0.0577. The number of carbonyl (C=O) groups excluding carboxylic acids is 2. The lowest BCUT2D eigenvalue weighted by atomic mass is 9.98. The maximum Gasteiger partial charge on any atom is 0.411 e. The molecule has 4 rings (SSSR count). The summed E-state index contributed by atoms with van der Waals surface area (Å²) < 4.78 is 6.14. The number of anilines is 1. The molecule has 1 aliphatic rings. The van der Waals surface area contributed by atoms with Crippen molar-refractivity contribution in [2.75, 3.05) is 11.9 Å². The topological polar surface area (TPSA) is 105 Å². The summed E-state index contributed by atoms with van der Waals surface area (Å²) in [5.74, 6) is -1.50. The molecule has 0 fully saturated rings. The standard InChI is InChI=1S/C26H23BrN2O5/c1-15(10-24(30)31)28-25(32)16-11-17(27)13-18(12-16)29-26(33)34-14-23-21-8-4-2-6-19(21)20-7-3-5-9-22(20)23/h2-9,11-13,15,23H,10,14H2,1H3,(H,28,32)(H,29,33)(H,30,31). The highest BCUT2D eigenvalue weighted by Crippen LogP contribution is 2.44. The summed E-state index contributed by atoms with van der Waals surface area (Å²) in [7, 11) is 0. The van der Waals surface area contributed by atoms with Crippen LogP contribution in [0.4, 0.5) is 10.5 Å². The zero-order valence-electron chi connectivity index (χ0n) is 18.4. The molecule has 2 amide bonds. The average Bonchev–Trinajstić information content (AvgIpc) is 3.10. The van der Waals surface area contributed by atoms with Crippen LogP contribution in [0.1, 0.15) is 40.7 Å². The number of carboxylic acids is 1. The number of benzene rings is 3. The molecule has 174 valence electrons. The van der Waals surface area contributed by atoms with E-state index in [1.165, 1.54) is 6.07 Å². The van der Waals surface area contributed by atoms with Gasteiger partial charge in [0.05, 0.1) is 6.42 Å². The highest BCUT2D eigenvalue weighted by molar-refractivity contribution is 9.10. The Kier molecular flexibility index (Phi) is 6.98. The largest absolute Gasteiger partial charge is 0.481 e. The Bertz CT molecular complexity index is 1210. The van der Waals surface area contributed by atoms with E-state index >= 15 is 0 Å². The Morgan fingerprint density at radius 3 is 2.24 bits per heavy atom. The quantitative estimate of drug-likeness (QED) is 0.385. The van der Waals surface area contributed by atoms with Gasteiger partial charge in [0, 0.05) is 27.7 Å². The molecule has 3 aromatic carbocycles. The molecule has 3 N–H and O–H groups in total. The van der Waals surface area contributed by atoms with Gasteiger partial charge in [0.1, 0.15) is 6.61 Å². The second-order valence-electron chi connectivity index (χ2n) is 8.15. The fourth-order valence-electron chi connectivity index (χ4n) is 4.17. The molecule has 0 aliphatic heterocycles. The number of halogens is 1. The first-order valence-corrected chi connectivity index (χ1v) is 11.6. The first-order chi connectivity index (χ1) is 16.3. The molecule has 0 bridgehead atoms. The number of carbonyl (C=O) groups is 3. The Morgan fingerprint density at radius 2 is 1.62 bits per heavy atom. The third-order valence-corrected chi connectivity index (χ3v) is 6.07. The van der Waals surface area contributed by atoms with Gasteiger partial charge in [-0.1, -0.05) is 64.5 Å². The Morgan fingerprint density at radius 1 is 1.00 bits per heavy atom. The van der Waals surface area contributed by atoms with Crippen LogP contribution in [0, 0.1) is 0 Å². The van der Waals surface area contributed by atoms with Crippen molar-refractivity contribution >= 4 is 39.6 Å². The molecular formula is C26H23BrN2O5. The molecule has 0 saturated heterocycles. The molecule has 1 unspecified atom stereocenters. The molecule has 3 aromatic rings. The third-order valence-electron chi connectivity index (χ3n) is 5.61. The van der Waals surface area contributed by atoms with Gasteiger partial charge in [0.2, 0.25) is 0 Å². The van der Waals surface area contributed by atoms with Crippen molar-refractivity contribution in [1.82, 2.24) is 5.32 Å². The summed E-state index contributed by atoms with van der Waals surface area (Å²) in [5.41, 5.74) is 5.18. The zero-order chi connectivity index (χ0) is 24.2. The number of amides is 2. The van der Waals surface area contributed by atoms with Crippen molar-refractivity contribution < 1.29 is 24.2 Å². The molecule has 34 heavy (non-hydrogen) atoms. The van der Waals surface area contributed by atoms with Crippen LogP contribution in [0.25, 0.3) is 11.1 Å². The molecule has 0 spiro atoms. The van der Waals surface area contributed by atoms with E-state index in [0.29, 0.717) is 10.2 Å². The molecule has 7 nitrogen and oxygen atoms in total. The molecular weight excluding hydrogens is 500 g/mol. The van der Waals surface area contributed by atoms with Gasteiger partial charge in [-0.2, -0.15) is 0 Å². The summed E-state index contributed by atoms with van der Waals surface area (Å²) in [6, 6.07) is 20.4. The van der Waals surface area contributed by atoms with Crippen LogP contribution in [0.2, 0.25) is 0 Å². The summed E-state index contributed by atoms with van der Waals surface area (Å²) in [5, 5.41) is 14.2. The highest BCUT2D eigenvalue weighted by Gasteiger charge is 2.29. The van der Waals surface area contributed by atoms with E-state index in [4.69, 9.17) is 9.84 Å². The van der Waals surface area contributed by atoms with Crippen molar-refractivity contribution in [2.24, 2.45) is 0 Å². The normalized spacial score (nSPS) is 12.9. The van der Waals surface area contributed by atoms with Crippen LogP contribution in [0.5, 0.6) is 0 Å². The molecule has 0 heterocycles. The summed E-state index contributed by atoms with van der Waals surface area (Å²) >= 11 is 3.34. The number of hydrogen-bond donors (Lipinski definition) is 3. The summed E-state index contributed by atoms with van der Waals surface area (Å²) in [6.45, 7) is 1.79. The van der Waals surface area contributed by atoms with Crippen LogP contribution < -0.4 is 10.6 Å². The first kappa shape index (κ1) is 23.5. The second kappa shape index (κ2) is 10.1. The molecule has 0 aromatic heterocycles. The Labute approximate surface area is 205 Å².